The molecule has 2 aromatic rings. The maximum absolute atomic E-state index is 11.3. The zero-order valence-electron chi connectivity index (χ0n) is 9.46. The quantitative estimate of drug-likeness (QED) is 0.472. The fourth-order valence-electron chi connectivity index (χ4n) is 1.48. The molecule has 0 saturated heterocycles. The highest BCUT2D eigenvalue weighted by atomic mass is 17.1. The van der Waals surface area contributed by atoms with Gasteiger partial charge in [0, 0.05) is 11.1 Å². The molecule has 0 bridgehead atoms. The molecule has 0 radical (unpaired) electrons. The van der Waals surface area contributed by atoms with Gasteiger partial charge in [-0.3, -0.25) is 4.89 Å². The van der Waals surface area contributed by atoms with E-state index in [4.69, 9.17) is 5.26 Å². The average Bonchev–Trinajstić information content (AvgIpc) is 2.45. The van der Waals surface area contributed by atoms with Crippen LogP contribution in [0.25, 0.3) is 0 Å². The van der Waals surface area contributed by atoms with Gasteiger partial charge in [-0.2, -0.15) is 5.26 Å². The summed E-state index contributed by atoms with van der Waals surface area (Å²) in [6.07, 6.45) is 0. The fourth-order valence-corrected chi connectivity index (χ4v) is 1.48. The Morgan fingerprint density at radius 2 is 1.61 bits per heavy atom. The van der Waals surface area contributed by atoms with Gasteiger partial charge >= 0.3 is 5.97 Å². The van der Waals surface area contributed by atoms with Crippen LogP contribution in [0.4, 0.5) is 0 Å². The van der Waals surface area contributed by atoms with Crippen LogP contribution < -0.4 is 0 Å². The topological polar surface area (TPSA) is 46.5 Å². The van der Waals surface area contributed by atoms with E-state index >= 15 is 0 Å². The predicted molar refractivity (Wildman–Crippen MR) is 66.9 cm³/mol. The maximum atomic E-state index is 11.3. The first-order chi connectivity index (χ1) is 8.81. The van der Waals surface area contributed by atoms with Gasteiger partial charge in [0.05, 0.1) is 5.56 Å². The Kier molecular flexibility index (Phi) is 3.75. The lowest BCUT2D eigenvalue weighted by atomic mass is 10.1. The summed E-state index contributed by atoms with van der Waals surface area (Å²) in [5, 5.41) is 8.40. The molecule has 0 amide bonds. The van der Waals surface area contributed by atoms with Gasteiger partial charge < -0.3 is 0 Å². The third-order valence-corrected chi connectivity index (χ3v) is 2.35. The first kappa shape index (κ1) is 11.9. The minimum absolute atomic E-state index is 0.239. The third kappa shape index (κ3) is 2.76. The van der Waals surface area contributed by atoms with Crippen molar-refractivity contribution in [3.63, 3.8) is 0 Å². The van der Waals surface area contributed by atoms with Gasteiger partial charge in [-0.15, -0.1) is 0 Å². The summed E-state index contributed by atoms with van der Waals surface area (Å²) in [4.78, 5) is 15.0. The van der Waals surface area contributed by atoms with Crippen LogP contribution >= 0.6 is 0 Å². The highest BCUT2D eigenvalue weighted by molar-refractivity contribution is 5.91. The van der Waals surface area contributed by atoms with Crippen LogP contribution in [0.15, 0.2) is 54.6 Å². The highest BCUT2D eigenvalue weighted by Gasteiger charge is 2.10. The molecule has 18 heavy (non-hydrogen) atoms. The van der Waals surface area contributed by atoms with Crippen molar-refractivity contribution in [3.05, 3.63) is 71.3 Å². The number of hydrogen-bond acceptors (Lipinski definition) is 3. The molecule has 1 N–H and O–H groups in total. The lowest BCUT2D eigenvalue weighted by Gasteiger charge is -1.99. The first-order valence-electron chi connectivity index (χ1n) is 5.33. The van der Waals surface area contributed by atoms with Crippen molar-refractivity contribution in [2.75, 3.05) is 0 Å². The maximum Gasteiger partial charge on any atom is 0.374 e. The Balaban J connectivity index is 2.36. The number of hydrogen-bond donors (Lipinski definition) is 1. The molecule has 0 aromatic heterocycles. The van der Waals surface area contributed by atoms with E-state index in [1.54, 1.807) is 24.3 Å². The van der Waals surface area contributed by atoms with E-state index in [9.17, 15) is 4.79 Å². The number of benzene rings is 2. The summed E-state index contributed by atoms with van der Waals surface area (Å²) >= 11 is 0. The molecule has 2 rings (SSSR count). The first-order valence-corrected chi connectivity index (χ1v) is 5.33. The monoisotopic (exact) mass is 238 g/mol. The van der Waals surface area contributed by atoms with Gasteiger partial charge in [-0.05, 0) is 24.3 Å². The summed E-state index contributed by atoms with van der Waals surface area (Å²) in [7, 11) is 0. The summed E-state index contributed by atoms with van der Waals surface area (Å²) in [6, 6.07) is 16.1. The summed E-state index contributed by atoms with van der Waals surface area (Å²) in [5.74, 6) is 5.01. The van der Waals surface area contributed by atoms with E-state index in [2.05, 4.69) is 16.7 Å². The van der Waals surface area contributed by atoms with Crippen LogP contribution in [0.3, 0.4) is 0 Å². The molecule has 3 heteroatoms. The van der Waals surface area contributed by atoms with E-state index in [0.29, 0.717) is 5.56 Å². The molecule has 0 aliphatic carbocycles. The molecule has 0 heterocycles. The Morgan fingerprint density at radius 1 is 0.944 bits per heavy atom. The summed E-state index contributed by atoms with van der Waals surface area (Å²) < 4.78 is 0. The highest BCUT2D eigenvalue weighted by Crippen LogP contribution is 2.09. The Labute approximate surface area is 105 Å². The molecule has 3 nitrogen and oxygen atoms in total. The second-order valence-corrected chi connectivity index (χ2v) is 3.54. The van der Waals surface area contributed by atoms with Gasteiger partial charge in [0.2, 0.25) is 0 Å². The van der Waals surface area contributed by atoms with Crippen LogP contribution in [0.2, 0.25) is 0 Å². The second kappa shape index (κ2) is 5.67. The van der Waals surface area contributed by atoms with Crippen molar-refractivity contribution in [1.29, 1.82) is 0 Å². The van der Waals surface area contributed by atoms with Crippen LogP contribution in [0.5, 0.6) is 0 Å². The molecule has 0 unspecified atom stereocenters. The number of carbonyl (C=O) groups is 1. The molecule has 0 spiro atoms. The molecule has 0 saturated carbocycles. The normalized spacial score (nSPS) is 9.17. The van der Waals surface area contributed by atoms with Gasteiger partial charge in [-0.1, -0.05) is 42.2 Å². The smallest absolute Gasteiger partial charge is 0.295 e. The van der Waals surface area contributed by atoms with Crippen molar-refractivity contribution >= 4 is 5.97 Å². The van der Waals surface area contributed by atoms with Gasteiger partial charge in [0.25, 0.3) is 0 Å². The second-order valence-electron chi connectivity index (χ2n) is 3.54. The molecule has 0 fully saturated rings. The number of carbonyl (C=O) groups excluding carboxylic acids is 1. The Hall–Kier alpha value is -2.57. The fraction of sp³-hybridized carbons (Fsp3) is 0. The van der Waals surface area contributed by atoms with Gasteiger partial charge in [0.15, 0.2) is 0 Å². The van der Waals surface area contributed by atoms with Crippen LogP contribution in [0, 0.1) is 11.8 Å². The SMILES string of the molecule is O=C(OO)c1ccccc1C#Cc1ccccc1. The van der Waals surface area contributed by atoms with E-state index < -0.39 is 5.97 Å². The van der Waals surface area contributed by atoms with E-state index in [1.807, 2.05) is 30.3 Å². The van der Waals surface area contributed by atoms with Crippen molar-refractivity contribution in [2.24, 2.45) is 0 Å². The number of rotatable bonds is 1. The average molecular weight is 238 g/mol. The van der Waals surface area contributed by atoms with Gasteiger partial charge in [-0.25, -0.2) is 4.79 Å². The Morgan fingerprint density at radius 3 is 2.33 bits per heavy atom. The molecule has 88 valence electrons. The zero-order valence-corrected chi connectivity index (χ0v) is 9.46. The van der Waals surface area contributed by atoms with Crippen molar-refractivity contribution < 1.29 is 14.9 Å². The van der Waals surface area contributed by atoms with Gasteiger partial charge in [0.1, 0.15) is 0 Å². The third-order valence-electron chi connectivity index (χ3n) is 2.35. The Bertz CT molecular complexity index is 606. The lowest BCUT2D eigenvalue weighted by molar-refractivity contribution is -0.182. The van der Waals surface area contributed by atoms with Crippen molar-refractivity contribution in [1.82, 2.24) is 0 Å². The van der Waals surface area contributed by atoms with E-state index in [1.165, 1.54) is 0 Å². The minimum Gasteiger partial charge on any atom is -0.295 e. The van der Waals surface area contributed by atoms with Crippen LogP contribution in [-0.4, -0.2) is 11.2 Å². The van der Waals surface area contributed by atoms with Crippen molar-refractivity contribution in [3.8, 4) is 11.8 Å². The zero-order chi connectivity index (χ0) is 12.8. The summed E-state index contributed by atoms with van der Waals surface area (Å²) in [5.41, 5.74) is 1.61. The standard InChI is InChI=1S/C15H10O3/c16-15(18-17)14-9-5-4-8-13(14)11-10-12-6-2-1-3-7-12/h1-9,17H. The predicted octanol–water partition coefficient (Wildman–Crippen LogP) is 2.72. The molecule has 2 aromatic carbocycles. The molecular formula is C15H10O3. The van der Waals surface area contributed by atoms with Crippen LogP contribution in [-0.2, 0) is 4.89 Å². The van der Waals surface area contributed by atoms with E-state index in [-0.39, 0.29) is 5.56 Å². The molecule has 0 aliphatic heterocycles. The van der Waals surface area contributed by atoms with Crippen LogP contribution in [0.1, 0.15) is 21.5 Å². The summed E-state index contributed by atoms with van der Waals surface area (Å²) in [6.45, 7) is 0. The van der Waals surface area contributed by atoms with E-state index in [0.717, 1.165) is 5.56 Å². The minimum atomic E-state index is -0.812. The lowest BCUT2D eigenvalue weighted by Crippen LogP contribution is -2.03. The molecule has 0 atom stereocenters. The largest absolute Gasteiger partial charge is 0.374 e. The van der Waals surface area contributed by atoms with Crippen molar-refractivity contribution in [2.45, 2.75) is 0 Å². The molecule has 0 aliphatic rings. The molecular weight excluding hydrogens is 228 g/mol.